The van der Waals surface area contributed by atoms with Crippen LogP contribution in [0.15, 0.2) is 15.9 Å². The average molecular weight is 288 g/mol. The van der Waals surface area contributed by atoms with Crippen molar-refractivity contribution in [3.8, 4) is 0 Å². The summed E-state index contributed by atoms with van der Waals surface area (Å²) in [6.45, 7) is 0. The van der Waals surface area contributed by atoms with E-state index in [9.17, 15) is 4.79 Å². The Morgan fingerprint density at radius 2 is 2.07 bits per heavy atom. The predicted octanol–water partition coefficient (Wildman–Crippen LogP) is 3.21. The minimum Gasteiger partial charge on any atom is -0.328 e. The number of thiophene rings is 1. The molecule has 2 rings (SSSR count). The first kappa shape index (κ1) is 11.3. The van der Waals surface area contributed by atoms with Crippen molar-refractivity contribution in [2.24, 2.45) is 11.7 Å². The standard InChI is InChI=1S/C11H14BrNOS/c12-8-5-10(15-6-8)11(14)7-1-3-9(13)4-2-7/h5-7,9H,1-4,13H2. The van der Waals surface area contributed by atoms with Crippen LogP contribution in [0.2, 0.25) is 0 Å². The third-order valence-electron chi connectivity index (χ3n) is 2.95. The monoisotopic (exact) mass is 287 g/mol. The Bertz CT molecular complexity index is 355. The molecule has 1 heterocycles. The molecule has 0 aliphatic heterocycles. The molecule has 0 spiro atoms. The second kappa shape index (κ2) is 4.76. The van der Waals surface area contributed by atoms with Crippen molar-refractivity contribution in [2.75, 3.05) is 0 Å². The molecule has 0 atom stereocenters. The largest absolute Gasteiger partial charge is 0.328 e. The summed E-state index contributed by atoms with van der Waals surface area (Å²) in [5.74, 6) is 0.507. The van der Waals surface area contributed by atoms with Gasteiger partial charge in [0.05, 0.1) is 4.88 Å². The third-order valence-corrected chi connectivity index (χ3v) is 4.66. The molecule has 1 aliphatic carbocycles. The summed E-state index contributed by atoms with van der Waals surface area (Å²) in [6.07, 6.45) is 3.89. The zero-order valence-corrected chi connectivity index (χ0v) is 10.8. The second-order valence-corrected chi connectivity index (χ2v) is 5.93. The summed E-state index contributed by atoms with van der Waals surface area (Å²) in [7, 11) is 0. The Labute approximate surface area is 102 Å². The van der Waals surface area contributed by atoms with E-state index in [1.807, 2.05) is 11.4 Å². The average Bonchev–Trinajstić information content (AvgIpc) is 2.65. The number of carbonyl (C=O) groups is 1. The molecule has 0 aromatic carbocycles. The highest BCUT2D eigenvalue weighted by atomic mass is 79.9. The Morgan fingerprint density at radius 1 is 1.40 bits per heavy atom. The van der Waals surface area contributed by atoms with Crippen molar-refractivity contribution in [1.82, 2.24) is 0 Å². The molecule has 1 aromatic heterocycles. The first-order chi connectivity index (χ1) is 7.16. The van der Waals surface area contributed by atoms with E-state index >= 15 is 0 Å². The van der Waals surface area contributed by atoms with Crippen LogP contribution in [0.1, 0.15) is 35.4 Å². The van der Waals surface area contributed by atoms with Crippen LogP contribution in [0.25, 0.3) is 0 Å². The van der Waals surface area contributed by atoms with Gasteiger partial charge in [0.25, 0.3) is 0 Å². The molecule has 1 aliphatic rings. The van der Waals surface area contributed by atoms with E-state index < -0.39 is 0 Å². The molecular formula is C11H14BrNOS. The van der Waals surface area contributed by atoms with Crippen molar-refractivity contribution in [2.45, 2.75) is 31.7 Å². The number of halogens is 1. The Morgan fingerprint density at radius 3 is 2.60 bits per heavy atom. The number of ketones is 1. The van der Waals surface area contributed by atoms with Crippen LogP contribution >= 0.6 is 27.3 Å². The first-order valence-corrected chi connectivity index (χ1v) is 6.88. The summed E-state index contributed by atoms with van der Waals surface area (Å²) in [6, 6.07) is 2.23. The van der Waals surface area contributed by atoms with Gasteiger partial charge in [-0.1, -0.05) is 0 Å². The Hall–Kier alpha value is -0.190. The van der Waals surface area contributed by atoms with E-state index in [4.69, 9.17) is 5.73 Å². The lowest BCUT2D eigenvalue weighted by Crippen LogP contribution is -2.29. The van der Waals surface area contributed by atoms with Gasteiger partial charge in [-0.2, -0.15) is 0 Å². The van der Waals surface area contributed by atoms with Crippen molar-refractivity contribution in [1.29, 1.82) is 0 Å². The van der Waals surface area contributed by atoms with Crippen LogP contribution in [-0.2, 0) is 0 Å². The second-order valence-electron chi connectivity index (χ2n) is 4.11. The Kier molecular flexibility index (Phi) is 3.59. The van der Waals surface area contributed by atoms with Gasteiger partial charge < -0.3 is 5.73 Å². The molecule has 1 aromatic rings. The van der Waals surface area contributed by atoms with Crippen LogP contribution in [0.3, 0.4) is 0 Å². The lowest BCUT2D eigenvalue weighted by atomic mass is 9.83. The fourth-order valence-electron chi connectivity index (χ4n) is 2.02. The lowest BCUT2D eigenvalue weighted by Gasteiger charge is -2.24. The number of carbonyl (C=O) groups excluding carboxylic acids is 1. The summed E-state index contributed by atoms with van der Waals surface area (Å²) >= 11 is 4.90. The number of Topliss-reactive ketones (excluding diaryl/α,β-unsaturated/α-hetero) is 1. The number of hydrogen-bond acceptors (Lipinski definition) is 3. The molecule has 0 unspecified atom stereocenters. The van der Waals surface area contributed by atoms with Gasteiger partial charge >= 0.3 is 0 Å². The van der Waals surface area contributed by atoms with Crippen molar-refractivity contribution < 1.29 is 4.79 Å². The SMILES string of the molecule is NC1CCC(C(=O)c2cc(Br)cs2)CC1. The van der Waals surface area contributed by atoms with E-state index in [2.05, 4.69) is 15.9 Å². The molecule has 1 fully saturated rings. The van der Waals surface area contributed by atoms with E-state index in [1.54, 1.807) is 0 Å². The summed E-state index contributed by atoms with van der Waals surface area (Å²) in [4.78, 5) is 12.9. The zero-order chi connectivity index (χ0) is 10.8. The quantitative estimate of drug-likeness (QED) is 0.849. The topological polar surface area (TPSA) is 43.1 Å². The van der Waals surface area contributed by atoms with Crippen LogP contribution in [0.5, 0.6) is 0 Å². The van der Waals surface area contributed by atoms with E-state index in [0.717, 1.165) is 35.0 Å². The molecule has 2 N–H and O–H groups in total. The van der Waals surface area contributed by atoms with Gasteiger partial charge in [-0.3, -0.25) is 4.79 Å². The fraction of sp³-hybridized carbons (Fsp3) is 0.545. The first-order valence-electron chi connectivity index (χ1n) is 5.20. The van der Waals surface area contributed by atoms with Crippen LogP contribution in [0, 0.1) is 5.92 Å². The van der Waals surface area contributed by atoms with Crippen LogP contribution < -0.4 is 5.73 Å². The van der Waals surface area contributed by atoms with Gasteiger partial charge in [0.15, 0.2) is 5.78 Å². The maximum absolute atomic E-state index is 12.1. The van der Waals surface area contributed by atoms with Crippen molar-refractivity contribution in [3.63, 3.8) is 0 Å². The summed E-state index contributed by atoms with van der Waals surface area (Å²) < 4.78 is 1.00. The fourth-order valence-corrected chi connectivity index (χ4v) is 3.47. The van der Waals surface area contributed by atoms with Gasteiger partial charge in [-0.15, -0.1) is 11.3 Å². The van der Waals surface area contributed by atoms with Crippen molar-refractivity contribution in [3.05, 3.63) is 20.8 Å². The molecule has 1 saturated carbocycles. The summed E-state index contributed by atoms with van der Waals surface area (Å²) in [5.41, 5.74) is 5.82. The minimum atomic E-state index is 0.204. The van der Waals surface area contributed by atoms with Gasteiger partial charge in [0.2, 0.25) is 0 Å². The predicted molar refractivity (Wildman–Crippen MR) is 66.3 cm³/mol. The maximum Gasteiger partial charge on any atom is 0.175 e. The molecule has 0 bridgehead atoms. The van der Waals surface area contributed by atoms with Gasteiger partial charge in [0, 0.05) is 21.8 Å². The highest BCUT2D eigenvalue weighted by Crippen LogP contribution is 2.29. The Balaban J connectivity index is 2.02. The molecular weight excluding hydrogens is 274 g/mol. The number of nitrogens with two attached hydrogens (primary N) is 1. The van der Waals surface area contributed by atoms with Crippen LogP contribution in [0.4, 0.5) is 0 Å². The van der Waals surface area contributed by atoms with E-state index in [1.165, 1.54) is 11.3 Å². The number of rotatable bonds is 2. The zero-order valence-electron chi connectivity index (χ0n) is 8.41. The van der Waals surface area contributed by atoms with E-state index in [-0.39, 0.29) is 5.92 Å². The van der Waals surface area contributed by atoms with Gasteiger partial charge in [-0.25, -0.2) is 0 Å². The summed E-state index contributed by atoms with van der Waals surface area (Å²) in [5, 5.41) is 1.96. The molecule has 0 saturated heterocycles. The molecule has 0 amide bonds. The molecule has 2 nitrogen and oxygen atoms in total. The molecule has 4 heteroatoms. The highest BCUT2D eigenvalue weighted by Gasteiger charge is 2.26. The third kappa shape index (κ3) is 2.68. The molecule has 82 valence electrons. The van der Waals surface area contributed by atoms with Gasteiger partial charge in [-0.05, 0) is 47.7 Å². The van der Waals surface area contributed by atoms with E-state index in [0.29, 0.717) is 11.8 Å². The highest BCUT2D eigenvalue weighted by molar-refractivity contribution is 9.10. The number of hydrogen-bond donors (Lipinski definition) is 1. The lowest BCUT2D eigenvalue weighted by molar-refractivity contribution is 0.0889. The normalized spacial score (nSPS) is 26.5. The molecule has 15 heavy (non-hydrogen) atoms. The maximum atomic E-state index is 12.1. The van der Waals surface area contributed by atoms with Crippen LogP contribution in [-0.4, -0.2) is 11.8 Å². The smallest absolute Gasteiger partial charge is 0.175 e. The molecule has 0 radical (unpaired) electrons. The minimum absolute atomic E-state index is 0.204. The van der Waals surface area contributed by atoms with Gasteiger partial charge in [0.1, 0.15) is 0 Å². The van der Waals surface area contributed by atoms with Crippen molar-refractivity contribution >= 4 is 33.0 Å².